The molecule has 1 N–H and O–H groups in total. The molecule has 1 aromatic carbocycles. The maximum Gasteiger partial charge on any atom is 0.0370 e. The average Bonchev–Trinajstić information content (AvgIpc) is 2.61. The number of rotatable bonds is 7. The molecule has 0 fully saturated rings. The molecule has 0 saturated heterocycles. The highest BCUT2D eigenvalue weighted by Gasteiger charge is 2.08. The highest BCUT2D eigenvalue weighted by Crippen LogP contribution is 2.23. The van der Waals surface area contributed by atoms with Crippen LogP contribution in [0.1, 0.15) is 45.7 Å². The van der Waals surface area contributed by atoms with Crippen LogP contribution in [0.2, 0.25) is 0 Å². The van der Waals surface area contributed by atoms with E-state index in [0.29, 0.717) is 0 Å². The number of likely N-dealkylation sites (N-methyl/N-ethyl adjacent to an activating group) is 2. The lowest BCUT2D eigenvalue weighted by molar-refractivity contribution is 0.349. The van der Waals surface area contributed by atoms with Gasteiger partial charge in [0.05, 0.1) is 0 Å². The van der Waals surface area contributed by atoms with Gasteiger partial charge in [-0.05, 0) is 43.8 Å². The normalized spacial score (nSPS) is 9.30. The van der Waals surface area contributed by atoms with Gasteiger partial charge in [0.25, 0.3) is 0 Å². The van der Waals surface area contributed by atoms with Crippen LogP contribution < -0.4 is 5.32 Å². The second-order valence-corrected chi connectivity index (χ2v) is 5.15. The first-order chi connectivity index (χ1) is 11.0. The molecule has 0 saturated carbocycles. The minimum Gasteiger partial charge on any atom is -0.388 e. The Kier molecular flexibility index (Phi) is 14.6. The molecule has 0 atom stereocenters. The fourth-order valence-electron chi connectivity index (χ4n) is 2.01. The van der Waals surface area contributed by atoms with Gasteiger partial charge in [-0.2, -0.15) is 0 Å². The third-order valence-electron chi connectivity index (χ3n) is 3.43. The highest BCUT2D eigenvalue weighted by atomic mass is 15.2. The van der Waals surface area contributed by atoms with E-state index >= 15 is 0 Å². The predicted molar refractivity (Wildman–Crippen MR) is 108 cm³/mol. The van der Waals surface area contributed by atoms with Crippen molar-refractivity contribution in [3.8, 4) is 0 Å². The van der Waals surface area contributed by atoms with E-state index in [2.05, 4.69) is 68.0 Å². The molecule has 0 aliphatic rings. The SMILES string of the molecule is C=C(c1ccc(NC)c(CC)c1)N(C)CCN(C)C.CC.CC. The Hall–Kier alpha value is -1.48. The number of aryl methyl sites for hydroxylation is 1. The summed E-state index contributed by atoms with van der Waals surface area (Å²) in [5, 5.41) is 3.23. The van der Waals surface area contributed by atoms with Gasteiger partial charge in [0.1, 0.15) is 0 Å². The first-order valence-corrected chi connectivity index (χ1v) is 8.85. The zero-order valence-electron chi connectivity index (χ0n) is 17.0. The molecule has 0 heterocycles. The van der Waals surface area contributed by atoms with Crippen molar-refractivity contribution in [1.82, 2.24) is 9.80 Å². The number of anilines is 1. The van der Waals surface area contributed by atoms with E-state index in [0.717, 1.165) is 25.2 Å². The van der Waals surface area contributed by atoms with E-state index in [1.165, 1.54) is 16.8 Å². The van der Waals surface area contributed by atoms with Gasteiger partial charge in [-0.1, -0.05) is 47.3 Å². The largest absolute Gasteiger partial charge is 0.388 e. The number of hydrogen-bond donors (Lipinski definition) is 1. The summed E-state index contributed by atoms with van der Waals surface area (Å²) in [5.41, 5.74) is 4.83. The summed E-state index contributed by atoms with van der Waals surface area (Å²) in [7, 11) is 8.25. The van der Waals surface area contributed by atoms with E-state index in [1.54, 1.807) is 0 Å². The standard InChI is InChI=1S/C16H27N3.2C2H6/c1-7-14-12-15(8-9-16(14)17-3)13(2)19(6)11-10-18(4)5;2*1-2/h8-9,12,17H,2,7,10-11H2,1,3-6H3;2*1-2H3. The van der Waals surface area contributed by atoms with Crippen LogP contribution in [-0.2, 0) is 6.42 Å². The van der Waals surface area contributed by atoms with Crippen molar-refractivity contribution in [1.29, 1.82) is 0 Å². The smallest absolute Gasteiger partial charge is 0.0370 e. The number of nitrogens with one attached hydrogen (secondary N) is 1. The van der Waals surface area contributed by atoms with Gasteiger partial charge in [-0.25, -0.2) is 0 Å². The Morgan fingerprint density at radius 3 is 2.04 bits per heavy atom. The van der Waals surface area contributed by atoms with Gasteiger partial charge in [0.2, 0.25) is 0 Å². The molecule has 0 spiro atoms. The van der Waals surface area contributed by atoms with Crippen molar-refractivity contribution in [3.63, 3.8) is 0 Å². The van der Waals surface area contributed by atoms with Crippen LogP contribution in [0.3, 0.4) is 0 Å². The summed E-state index contributed by atoms with van der Waals surface area (Å²) in [5.74, 6) is 0. The molecular weight excluding hydrogens is 282 g/mol. The quantitative estimate of drug-likeness (QED) is 0.777. The molecule has 0 amide bonds. The third-order valence-corrected chi connectivity index (χ3v) is 3.43. The third kappa shape index (κ3) is 8.65. The fraction of sp³-hybridized carbons (Fsp3) is 0.600. The van der Waals surface area contributed by atoms with Gasteiger partial charge in [-0.3, -0.25) is 0 Å². The van der Waals surface area contributed by atoms with E-state index in [9.17, 15) is 0 Å². The molecule has 0 aliphatic heterocycles. The number of nitrogens with zero attached hydrogens (tertiary/aromatic N) is 2. The van der Waals surface area contributed by atoms with Crippen LogP contribution in [0.4, 0.5) is 5.69 Å². The molecule has 1 aromatic rings. The first-order valence-electron chi connectivity index (χ1n) is 8.85. The van der Waals surface area contributed by atoms with Gasteiger partial charge >= 0.3 is 0 Å². The number of benzene rings is 1. The Morgan fingerprint density at radius 2 is 1.61 bits per heavy atom. The van der Waals surface area contributed by atoms with Crippen LogP contribution >= 0.6 is 0 Å². The van der Waals surface area contributed by atoms with Gasteiger partial charge in [0.15, 0.2) is 0 Å². The van der Waals surface area contributed by atoms with Crippen LogP contribution in [0.5, 0.6) is 0 Å². The van der Waals surface area contributed by atoms with Crippen LogP contribution in [0.15, 0.2) is 24.8 Å². The van der Waals surface area contributed by atoms with Gasteiger partial charge in [-0.15, -0.1) is 0 Å². The second kappa shape index (κ2) is 14.1. The van der Waals surface area contributed by atoms with E-state index in [1.807, 2.05) is 34.7 Å². The maximum absolute atomic E-state index is 4.22. The Morgan fingerprint density at radius 1 is 1.04 bits per heavy atom. The Balaban J connectivity index is 0. The van der Waals surface area contributed by atoms with E-state index in [4.69, 9.17) is 0 Å². The number of hydrogen-bond acceptors (Lipinski definition) is 3. The molecule has 0 bridgehead atoms. The molecule has 0 radical (unpaired) electrons. The highest BCUT2D eigenvalue weighted by molar-refractivity contribution is 5.66. The molecule has 0 aromatic heterocycles. The van der Waals surface area contributed by atoms with E-state index < -0.39 is 0 Å². The molecule has 3 nitrogen and oxygen atoms in total. The topological polar surface area (TPSA) is 18.5 Å². The van der Waals surface area contributed by atoms with Crippen LogP contribution in [-0.4, -0.2) is 51.1 Å². The molecule has 0 unspecified atom stereocenters. The monoisotopic (exact) mass is 321 g/mol. The first kappa shape index (κ1) is 23.8. The van der Waals surface area contributed by atoms with Crippen molar-refractivity contribution < 1.29 is 0 Å². The summed E-state index contributed by atoms with van der Waals surface area (Å²) in [6, 6.07) is 6.51. The maximum atomic E-state index is 4.22. The molecular formula is C20H39N3. The Labute approximate surface area is 145 Å². The second-order valence-electron chi connectivity index (χ2n) is 5.15. The summed E-state index contributed by atoms with van der Waals surface area (Å²) in [6.07, 6.45) is 1.03. The summed E-state index contributed by atoms with van der Waals surface area (Å²) in [6.45, 7) is 16.4. The lowest BCUT2D eigenvalue weighted by atomic mass is 10.0. The van der Waals surface area contributed by atoms with Crippen LogP contribution in [0, 0.1) is 0 Å². The van der Waals surface area contributed by atoms with E-state index in [-0.39, 0.29) is 0 Å². The summed E-state index contributed by atoms with van der Waals surface area (Å²) >= 11 is 0. The van der Waals surface area contributed by atoms with Gasteiger partial charge < -0.3 is 15.1 Å². The fourth-order valence-corrected chi connectivity index (χ4v) is 2.01. The molecule has 3 heteroatoms. The predicted octanol–water partition coefficient (Wildman–Crippen LogP) is 4.81. The van der Waals surface area contributed by atoms with Crippen molar-refractivity contribution in [2.45, 2.75) is 41.0 Å². The lowest BCUT2D eigenvalue weighted by Crippen LogP contribution is -2.27. The minimum absolute atomic E-state index is 0.987. The summed E-state index contributed by atoms with van der Waals surface area (Å²) in [4.78, 5) is 4.40. The lowest BCUT2D eigenvalue weighted by Gasteiger charge is -2.24. The molecule has 134 valence electrons. The van der Waals surface area contributed by atoms with Crippen molar-refractivity contribution >= 4 is 11.4 Å². The molecule has 0 aliphatic carbocycles. The van der Waals surface area contributed by atoms with Gasteiger partial charge in [0, 0.05) is 38.6 Å². The van der Waals surface area contributed by atoms with Crippen molar-refractivity contribution in [2.75, 3.05) is 46.6 Å². The van der Waals surface area contributed by atoms with Crippen molar-refractivity contribution in [2.24, 2.45) is 0 Å². The van der Waals surface area contributed by atoms with Crippen molar-refractivity contribution in [3.05, 3.63) is 35.9 Å². The zero-order valence-corrected chi connectivity index (χ0v) is 17.0. The minimum atomic E-state index is 0.987. The zero-order chi connectivity index (χ0) is 18.4. The van der Waals surface area contributed by atoms with Crippen LogP contribution in [0.25, 0.3) is 5.70 Å². The summed E-state index contributed by atoms with van der Waals surface area (Å²) < 4.78 is 0. The molecule has 23 heavy (non-hydrogen) atoms. The average molecular weight is 322 g/mol. The molecule has 1 rings (SSSR count). The Bertz CT molecular complexity index is 425.